The minimum atomic E-state index is -0.461. The highest BCUT2D eigenvalue weighted by Crippen LogP contribution is 2.19. The Labute approximate surface area is 174 Å². The predicted octanol–water partition coefficient (Wildman–Crippen LogP) is -0.564. The summed E-state index contributed by atoms with van der Waals surface area (Å²) in [5.74, 6) is -0.670. The smallest absolute Gasteiger partial charge is 0.310 e. The SMILES string of the molecule is N[C@@H](CC(=O)N1CCC(C(=O)NC(=[NH2+])c2cnccn2)CC1)Cc1ccccc1F. The summed E-state index contributed by atoms with van der Waals surface area (Å²) in [7, 11) is 0. The molecule has 2 amide bonds. The molecule has 8 nitrogen and oxygen atoms in total. The minimum absolute atomic E-state index is 0.0802. The average Bonchev–Trinajstić information content (AvgIpc) is 2.76. The van der Waals surface area contributed by atoms with Gasteiger partial charge in [-0.05, 0) is 30.9 Å². The summed E-state index contributed by atoms with van der Waals surface area (Å²) in [5.41, 5.74) is 6.97. The zero-order valence-corrected chi connectivity index (χ0v) is 16.6. The van der Waals surface area contributed by atoms with Gasteiger partial charge in [0.05, 0.1) is 12.1 Å². The van der Waals surface area contributed by atoms with Crippen LogP contribution in [0.2, 0.25) is 0 Å². The van der Waals surface area contributed by atoms with E-state index in [0.29, 0.717) is 43.6 Å². The number of nitrogens with two attached hydrogens (primary N) is 2. The molecule has 0 saturated carbocycles. The van der Waals surface area contributed by atoms with Crippen LogP contribution in [0.3, 0.4) is 0 Å². The normalized spacial score (nSPS) is 15.5. The lowest BCUT2D eigenvalue weighted by Gasteiger charge is -2.31. The molecule has 1 atom stereocenters. The van der Waals surface area contributed by atoms with Crippen molar-refractivity contribution in [1.29, 1.82) is 0 Å². The fourth-order valence-electron chi connectivity index (χ4n) is 3.50. The van der Waals surface area contributed by atoms with E-state index in [4.69, 9.17) is 11.1 Å². The van der Waals surface area contributed by atoms with Gasteiger partial charge >= 0.3 is 11.7 Å². The molecule has 3 rings (SSSR count). The van der Waals surface area contributed by atoms with Crippen molar-refractivity contribution in [3.63, 3.8) is 0 Å². The van der Waals surface area contributed by atoms with Gasteiger partial charge in [-0.3, -0.25) is 15.2 Å². The monoisotopic (exact) mass is 413 g/mol. The first-order valence-corrected chi connectivity index (χ1v) is 9.90. The number of hydrogen-bond donors (Lipinski definition) is 3. The highest BCUT2D eigenvalue weighted by atomic mass is 19.1. The Hall–Kier alpha value is -3.20. The first-order chi connectivity index (χ1) is 14.4. The first-order valence-electron chi connectivity index (χ1n) is 9.90. The van der Waals surface area contributed by atoms with Gasteiger partial charge in [-0.2, -0.15) is 0 Å². The topological polar surface area (TPSA) is 127 Å². The van der Waals surface area contributed by atoms with Crippen molar-refractivity contribution in [2.24, 2.45) is 11.7 Å². The maximum atomic E-state index is 13.8. The number of halogens is 1. The number of nitrogens with zero attached hydrogens (tertiary/aromatic N) is 3. The number of benzene rings is 1. The largest absolute Gasteiger partial charge is 0.343 e. The van der Waals surface area contributed by atoms with Crippen LogP contribution in [-0.2, 0) is 16.0 Å². The summed E-state index contributed by atoms with van der Waals surface area (Å²) in [6.45, 7) is 0.933. The van der Waals surface area contributed by atoms with Gasteiger partial charge in [0.2, 0.25) is 5.91 Å². The van der Waals surface area contributed by atoms with Gasteiger partial charge in [-0.25, -0.2) is 19.5 Å². The fraction of sp³-hybridized carbons (Fsp3) is 0.381. The number of amides is 2. The molecule has 5 N–H and O–H groups in total. The standard InChI is InChI=1S/C21H25FN6O2/c22-17-4-2-1-3-15(17)11-16(23)12-19(29)28-9-5-14(6-10-28)21(30)27-20(24)18-13-25-7-8-26-18/h1-4,7-8,13-14,16H,5-6,9-12,23H2,(H2,24,27,30)/p+1/t16-/m1/s1. The number of nitrogens with one attached hydrogen (secondary N) is 1. The van der Waals surface area contributed by atoms with Crippen LogP contribution < -0.4 is 16.5 Å². The quantitative estimate of drug-likeness (QED) is 0.432. The number of carbonyl (C=O) groups excluding carboxylic acids is 2. The summed E-state index contributed by atoms with van der Waals surface area (Å²) >= 11 is 0. The molecule has 2 aromatic rings. The highest BCUT2D eigenvalue weighted by molar-refractivity contribution is 6.03. The van der Waals surface area contributed by atoms with E-state index in [1.807, 2.05) is 0 Å². The maximum Gasteiger partial charge on any atom is 0.310 e. The lowest BCUT2D eigenvalue weighted by molar-refractivity contribution is -0.137. The Kier molecular flexibility index (Phi) is 7.18. The zero-order chi connectivity index (χ0) is 21.5. The van der Waals surface area contributed by atoms with Crippen LogP contribution in [0.15, 0.2) is 42.9 Å². The van der Waals surface area contributed by atoms with Gasteiger partial charge in [0.15, 0.2) is 5.69 Å². The van der Waals surface area contributed by atoms with E-state index in [9.17, 15) is 14.0 Å². The Morgan fingerprint density at radius 3 is 2.67 bits per heavy atom. The maximum absolute atomic E-state index is 13.8. The van der Waals surface area contributed by atoms with Crippen LogP contribution in [0, 0.1) is 11.7 Å². The lowest BCUT2D eigenvalue weighted by atomic mass is 9.95. The third-order valence-electron chi connectivity index (χ3n) is 5.19. The van der Waals surface area contributed by atoms with E-state index < -0.39 is 6.04 Å². The summed E-state index contributed by atoms with van der Waals surface area (Å²) in [4.78, 5) is 34.7. The Balaban J connectivity index is 1.44. The van der Waals surface area contributed by atoms with Crippen LogP contribution in [0.5, 0.6) is 0 Å². The predicted molar refractivity (Wildman–Crippen MR) is 108 cm³/mol. The lowest BCUT2D eigenvalue weighted by Crippen LogP contribution is -2.54. The van der Waals surface area contributed by atoms with Crippen molar-refractivity contribution in [2.45, 2.75) is 31.7 Å². The number of rotatable bonds is 6. The van der Waals surface area contributed by atoms with Gasteiger partial charge in [-0.1, -0.05) is 18.2 Å². The van der Waals surface area contributed by atoms with E-state index in [-0.39, 0.29) is 35.8 Å². The van der Waals surface area contributed by atoms with E-state index >= 15 is 0 Å². The molecular formula is C21H26FN6O2+. The average molecular weight is 413 g/mol. The molecule has 1 saturated heterocycles. The van der Waals surface area contributed by atoms with Crippen molar-refractivity contribution < 1.29 is 19.4 Å². The summed E-state index contributed by atoms with van der Waals surface area (Å²) in [5, 5.41) is 8.55. The second-order valence-electron chi connectivity index (χ2n) is 7.41. The first kappa shape index (κ1) is 21.5. The van der Waals surface area contributed by atoms with Gasteiger partial charge in [0, 0.05) is 37.9 Å². The molecule has 9 heteroatoms. The van der Waals surface area contributed by atoms with Gasteiger partial charge in [0.1, 0.15) is 5.82 Å². The van der Waals surface area contributed by atoms with Gasteiger partial charge in [-0.15, -0.1) is 0 Å². The van der Waals surface area contributed by atoms with Crippen molar-refractivity contribution >= 4 is 17.6 Å². The van der Waals surface area contributed by atoms with Crippen LogP contribution in [0.1, 0.15) is 30.5 Å². The molecule has 0 bridgehead atoms. The Bertz CT molecular complexity index is 899. The third kappa shape index (κ3) is 5.66. The van der Waals surface area contributed by atoms with Crippen molar-refractivity contribution in [1.82, 2.24) is 20.2 Å². The van der Waals surface area contributed by atoms with E-state index in [2.05, 4.69) is 15.3 Å². The second-order valence-corrected chi connectivity index (χ2v) is 7.41. The van der Waals surface area contributed by atoms with Crippen LogP contribution in [-0.4, -0.2) is 51.6 Å². The van der Waals surface area contributed by atoms with E-state index in [1.165, 1.54) is 24.7 Å². The number of hydrogen-bond acceptors (Lipinski definition) is 5. The zero-order valence-electron chi connectivity index (χ0n) is 16.6. The molecule has 0 unspecified atom stereocenters. The number of likely N-dealkylation sites (tertiary alicyclic amines) is 1. The Morgan fingerprint density at radius 2 is 2.00 bits per heavy atom. The minimum Gasteiger partial charge on any atom is -0.343 e. The summed E-state index contributed by atoms with van der Waals surface area (Å²) in [6, 6.07) is 5.96. The molecule has 30 heavy (non-hydrogen) atoms. The van der Waals surface area contributed by atoms with Gasteiger partial charge < -0.3 is 10.6 Å². The molecule has 0 spiro atoms. The molecule has 1 fully saturated rings. The Morgan fingerprint density at radius 1 is 1.27 bits per heavy atom. The number of carbonyl (C=O) groups is 2. The number of aromatic nitrogens is 2. The van der Waals surface area contributed by atoms with Crippen LogP contribution in [0.4, 0.5) is 4.39 Å². The number of amidine groups is 1. The van der Waals surface area contributed by atoms with Crippen molar-refractivity contribution in [3.05, 3.63) is 59.9 Å². The fourth-order valence-corrected chi connectivity index (χ4v) is 3.50. The molecular weight excluding hydrogens is 387 g/mol. The molecule has 2 heterocycles. The van der Waals surface area contributed by atoms with Crippen molar-refractivity contribution in [2.75, 3.05) is 13.1 Å². The van der Waals surface area contributed by atoms with E-state index in [0.717, 1.165) is 0 Å². The molecule has 1 aromatic heterocycles. The molecule has 0 radical (unpaired) electrons. The molecule has 158 valence electrons. The molecule has 1 aliphatic rings. The van der Waals surface area contributed by atoms with Crippen LogP contribution >= 0.6 is 0 Å². The number of piperidine rings is 1. The molecule has 0 aliphatic carbocycles. The van der Waals surface area contributed by atoms with Gasteiger partial charge in [0.25, 0.3) is 0 Å². The molecule has 1 aliphatic heterocycles. The summed E-state index contributed by atoms with van der Waals surface area (Å²) < 4.78 is 13.8. The molecule has 1 aromatic carbocycles. The highest BCUT2D eigenvalue weighted by Gasteiger charge is 2.31. The van der Waals surface area contributed by atoms with E-state index in [1.54, 1.807) is 23.1 Å². The van der Waals surface area contributed by atoms with Crippen LogP contribution in [0.25, 0.3) is 0 Å². The third-order valence-corrected chi connectivity index (χ3v) is 5.19. The second kappa shape index (κ2) is 10.0. The summed E-state index contributed by atoms with van der Waals surface area (Å²) in [6.07, 6.45) is 6.00. The van der Waals surface area contributed by atoms with Crippen molar-refractivity contribution in [3.8, 4) is 0 Å².